The molecule has 4 unspecified atom stereocenters. The molecule has 1 saturated carbocycles. The number of hydrogen-bond donors (Lipinski definition) is 0. The molecule has 1 aliphatic rings. The van der Waals surface area contributed by atoms with E-state index in [0.29, 0.717) is 0 Å². The molecule has 0 aromatic carbocycles. The minimum absolute atomic E-state index is 0.872. The van der Waals surface area contributed by atoms with E-state index in [1.165, 1.54) is 0 Å². The zero-order valence-electron chi connectivity index (χ0n) is 8.79. The molecule has 1 aliphatic carbocycles. The van der Waals surface area contributed by atoms with Gasteiger partial charge in [0, 0.05) is 0 Å². The zero-order valence-corrected chi connectivity index (χ0v) is 8.79. The lowest BCUT2D eigenvalue weighted by atomic mass is 9.73. The summed E-state index contributed by atoms with van der Waals surface area (Å²) in [6.07, 6.45) is -9.86. The first-order valence-corrected chi connectivity index (χ1v) is 4.86. The highest BCUT2D eigenvalue weighted by molar-refractivity contribution is 5.83. The Kier molecular flexibility index (Phi) is 3.70. The molecule has 1 fully saturated rings. The average molecular weight is 240 g/mol. The van der Waals surface area contributed by atoms with E-state index < -0.39 is 48.1 Å². The van der Waals surface area contributed by atoms with Gasteiger partial charge < -0.3 is 0 Å². The lowest BCUT2D eigenvalue weighted by Crippen LogP contribution is -2.56. The van der Waals surface area contributed by atoms with Gasteiger partial charge in [-0.1, -0.05) is 0 Å². The molecule has 0 saturated heterocycles. The summed E-state index contributed by atoms with van der Waals surface area (Å²) in [7, 11) is 0. The summed E-state index contributed by atoms with van der Waals surface area (Å²) in [6.45, 7) is 1.74. The van der Waals surface area contributed by atoms with Crippen LogP contribution < -0.4 is 0 Å². The van der Waals surface area contributed by atoms with Crippen molar-refractivity contribution in [3.63, 3.8) is 0 Å². The first-order chi connectivity index (χ1) is 7.29. The lowest BCUT2D eigenvalue weighted by molar-refractivity contribution is -0.147. The van der Waals surface area contributed by atoms with Crippen molar-refractivity contribution in [3.8, 4) is 0 Å². The van der Waals surface area contributed by atoms with E-state index in [-0.39, 0.29) is 0 Å². The Hall–Kier alpha value is -0.940. The molecule has 4 atom stereocenters. The van der Waals surface area contributed by atoms with Crippen LogP contribution in [-0.4, -0.2) is 36.3 Å². The van der Waals surface area contributed by atoms with Crippen molar-refractivity contribution in [2.24, 2.45) is 11.8 Å². The number of halogens is 4. The monoisotopic (exact) mass is 240 g/mol. The van der Waals surface area contributed by atoms with E-state index in [4.69, 9.17) is 0 Å². The summed E-state index contributed by atoms with van der Waals surface area (Å²) >= 11 is 0. The van der Waals surface area contributed by atoms with Gasteiger partial charge in [-0.2, -0.15) is 0 Å². The van der Waals surface area contributed by atoms with Crippen LogP contribution in [-0.2, 0) is 9.59 Å². The van der Waals surface area contributed by atoms with Crippen molar-refractivity contribution >= 4 is 11.6 Å². The number of hydrogen-bond acceptors (Lipinski definition) is 2. The zero-order chi connectivity index (χ0) is 12.6. The molecule has 0 spiro atoms. The summed E-state index contributed by atoms with van der Waals surface area (Å²) < 4.78 is 53.5. The largest absolute Gasteiger partial charge is 0.299 e. The normalized spacial score (nSPS) is 44.1. The number of Topliss-reactive ketones (excluding diaryl/α,β-unsaturated/α-hetero) is 2. The van der Waals surface area contributed by atoms with Crippen LogP contribution in [0, 0.1) is 11.8 Å². The van der Waals surface area contributed by atoms with Crippen molar-refractivity contribution in [2.45, 2.75) is 38.5 Å². The van der Waals surface area contributed by atoms with Crippen LogP contribution >= 0.6 is 0 Å². The van der Waals surface area contributed by atoms with Gasteiger partial charge in [0.25, 0.3) is 0 Å². The van der Waals surface area contributed by atoms with Gasteiger partial charge in [0.05, 0.1) is 11.8 Å². The lowest BCUT2D eigenvalue weighted by Gasteiger charge is -2.37. The van der Waals surface area contributed by atoms with Gasteiger partial charge >= 0.3 is 0 Å². The van der Waals surface area contributed by atoms with Gasteiger partial charge in [0.1, 0.15) is 36.3 Å². The van der Waals surface area contributed by atoms with E-state index in [0.717, 1.165) is 13.8 Å². The fraction of sp³-hybridized carbons (Fsp3) is 0.800. The van der Waals surface area contributed by atoms with E-state index >= 15 is 0 Å². The third-order valence-electron chi connectivity index (χ3n) is 2.92. The van der Waals surface area contributed by atoms with Crippen molar-refractivity contribution in [3.05, 3.63) is 0 Å². The predicted octanol–water partition coefficient (Wildman–Crippen LogP) is 1.76. The Morgan fingerprint density at radius 2 is 0.875 bits per heavy atom. The number of ketones is 2. The predicted molar refractivity (Wildman–Crippen MR) is 47.9 cm³/mol. The standard InChI is InChI=1S/C10H12F4O2/c1-3(15)5-7(11)9(13)6(4(2)16)10(14)8(5)12/h5-10H,1-2H3. The summed E-state index contributed by atoms with van der Waals surface area (Å²) in [5.74, 6) is -5.82. The molecule has 0 heterocycles. The van der Waals surface area contributed by atoms with Gasteiger partial charge in [-0.15, -0.1) is 0 Å². The molecule has 0 bridgehead atoms. The summed E-state index contributed by atoms with van der Waals surface area (Å²) in [5, 5.41) is 0. The van der Waals surface area contributed by atoms with Crippen molar-refractivity contribution in [2.75, 3.05) is 0 Å². The Morgan fingerprint density at radius 1 is 0.688 bits per heavy atom. The van der Waals surface area contributed by atoms with Gasteiger partial charge in [0.15, 0.2) is 0 Å². The quantitative estimate of drug-likeness (QED) is 0.689. The Balaban J connectivity index is 3.03. The van der Waals surface area contributed by atoms with Crippen molar-refractivity contribution in [1.82, 2.24) is 0 Å². The fourth-order valence-corrected chi connectivity index (χ4v) is 2.04. The molecule has 16 heavy (non-hydrogen) atoms. The van der Waals surface area contributed by atoms with Gasteiger partial charge in [-0.25, -0.2) is 17.6 Å². The maximum absolute atomic E-state index is 13.4. The molecular weight excluding hydrogens is 228 g/mol. The smallest absolute Gasteiger partial charge is 0.145 e. The van der Waals surface area contributed by atoms with Gasteiger partial charge in [-0.3, -0.25) is 9.59 Å². The topological polar surface area (TPSA) is 34.1 Å². The maximum Gasteiger partial charge on any atom is 0.145 e. The van der Waals surface area contributed by atoms with E-state index in [9.17, 15) is 27.2 Å². The number of alkyl halides is 4. The Morgan fingerprint density at radius 3 is 1.00 bits per heavy atom. The van der Waals surface area contributed by atoms with E-state index in [1.54, 1.807) is 0 Å². The molecule has 0 aliphatic heterocycles. The Labute approximate surface area is 90.0 Å². The maximum atomic E-state index is 13.4. The van der Waals surface area contributed by atoms with E-state index in [2.05, 4.69) is 0 Å². The second-order valence-corrected chi connectivity index (χ2v) is 4.05. The average Bonchev–Trinajstić information content (AvgIpc) is 2.14. The van der Waals surface area contributed by atoms with Crippen LogP contribution in [0.25, 0.3) is 0 Å². The second-order valence-electron chi connectivity index (χ2n) is 4.05. The first-order valence-electron chi connectivity index (χ1n) is 4.86. The molecule has 2 nitrogen and oxygen atoms in total. The van der Waals surface area contributed by atoms with Crippen molar-refractivity contribution in [1.29, 1.82) is 0 Å². The fourth-order valence-electron chi connectivity index (χ4n) is 2.04. The summed E-state index contributed by atoms with van der Waals surface area (Å²) in [4.78, 5) is 21.8. The highest BCUT2D eigenvalue weighted by atomic mass is 19.2. The summed E-state index contributed by atoms with van der Waals surface area (Å²) in [6, 6.07) is 0. The SMILES string of the molecule is CC(=O)C1C(F)C(F)C(C(C)=O)C(F)C1F. The number of carbonyl (C=O) groups excluding carboxylic acids is 2. The first kappa shape index (κ1) is 13.1. The van der Waals surface area contributed by atoms with Gasteiger partial charge in [-0.05, 0) is 13.8 Å². The van der Waals surface area contributed by atoms with Crippen LogP contribution in [0.1, 0.15) is 13.8 Å². The molecule has 92 valence electrons. The van der Waals surface area contributed by atoms with Crippen LogP contribution in [0.5, 0.6) is 0 Å². The minimum atomic E-state index is -2.46. The third kappa shape index (κ3) is 1.97. The van der Waals surface area contributed by atoms with E-state index in [1.807, 2.05) is 0 Å². The molecule has 0 N–H and O–H groups in total. The van der Waals surface area contributed by atoms with Crippen LogP contribution in [0.4, 0.5) is 17.6 Å². The number of rotatable bonds is 2. The van der Waals surface area contributed by atoms with Crippen LogP contribution in [0.3, 0.4) is 0 Å². The highest BCUT2D eigenvalue weighted by Crippen LogP contribution is 2.38. The number of carbonyl (C=O) groups is 2. The minimum Gasteiger partial charge on any atom is -0.299 e. The second kappa shape index (κ2) is 4.51. The van der Waals surface area contributed by atoms with Crippen LogP contribution in [0.15, 0.2) is 0 Å². The Bertz CT molecular complexity index is 261. The van der Waals surface area contributed by atoms with Gasteiger partial charge in [0.2, 0.25) is 0 Å². The summed E-state index contributed by atoms with van der Waals surface area (Å²) in [5.41, 5.74) is 0. The third-order valence-corrected chi connectivity index (χ3v) is 2.92. The van der Waals surface area contributed by atoms with Crippen LogP contribution in [0.2, 0.25) is 0 Å². The molecule has 0 aromatic heterocycles. The molecular formula is C10H12F4O2. The molecule has 0 aromatic rings. The molecule has 1 rings (SSSR count). The molecule has 0 amide bonds. The molecule has 0 radical (unpaired) electrons. The van der Waals surface area contributed by atoms with Crippen molar-refractivity contribution < 1.29 is 27.2 Å². The molecule has 6 heteroatoms. The highest BCUT2D eigenvalue weighted by Gasteiger charge is 2.55.